The van der Waals surface area contributed by atoms with Gasteiger partial charge in [0.15, 0.2) is 0 Å². The van der Waals surface area contributed by atoms with E-state index in [0.29, 0.717) is 0 Å². The number of rotatable bonds is 2. The van der Waals surface area contributed by atoms with Crippen LogP contribution in [0.25, 0.3) is 32.5 Å². The SMILES string of the molecule is Cc1ncc(-c2ccnc(-c3cc(C(C)(C)C)c4ccccc4c3)c2)s1. The van der Waals surface area contributed by atoms with Gasteiger partial charge in [0, 0.05) is 18.0 Å². The van der Waals surface area contributed by atoms with Gasteiger partial charge in [0.2, 0.25) is 0 Å². The minimum absolute atomic E-state index is 0.0714. The Kier molecular flexibility index (Phi) is 4.12. The molecule has 2 aromatic carbocycles. The van der Waals surface area contributed by atoms with Gasteiger partial charge in [0.1, 0.15) is 0 Å². The summed E-state index contributed by atoms with van der Waals surface area (Å²) in [7, 11) is 0. The molecule has 0 saturated heterocycles. The molecule has 0 amide bonds. The molecule has 0 aliphatic carbocycles. The molecular formula is C23H22N2S. The minimum atomic E-state index is 0.0714. The van der Waals surface area contributed by atoms with Crippen LogP contribution in [0.5, 0.6) is 0 Å². The molecule has 3 heteroatoms. The van der Waals surface area contributed by atoms with Crippen LogP contribution in [0.1, 0.15) is 31.3 Å². The van der Waals surface area contributed by atoms with Crippen LogP contribution in [0, 0.1) is 6.92 Å². The largest absolute Gasteiger partial charge is 0.256 e. The van der Waals surface area contributed by atoms with Gasteiger partial charge < -0.3 is 0 Å². The number of pyridine rings is 1. The Hall–Kier alpha value is -2.52. The number of fused-ring (bicyclic) bond motifs is 1. The van der Waals surface area contributed by atoms with Gasteiger partial charge in [-0.2, -0.15) is 0 Å². The van der Waals surface area contributed by atoms with Gasteiger partial charge in [0.05, 0.1) is 15.6 Å². The van der Waals surface area contributed by atoms with Crippen LogP contribution >= 0.6 is 11.3 Å². The molecule has 0 unspecified atom stereocenters. The lowest BCUT2D eigenvalue weighted by Crippen LogP contribution is -2.12. The predicted octanol–water partition coefficient (Wildman–Crippen LogP) is 6.63. The van der Waals surface area contributed by atoms with E-state index in [1.165, 1.54) is 26.8 Å². The maximum absolute atomic E-state index is 4.66. The number of hydrogen-bond acceptors (Lipinski definition) is 3. The predicted molar refractivity (Wildman–Crippen MR) is 112 cm³/mol. The summed E-state index contributed by atoms with van der Waals surface area (Å²) in [4.78, 5) is 10.2. The summed E-state index contributed by atoms with van der Waals surface area (Å²) in [5.41, 5.74) is 4.76. The summed E-state index contributed by atoms with van der Waals surface area (Å²) in [5.74, 6) is 0. The van der Waals surface area contributed by atoms with Crippen LogP contribution in [0.15, 0.2) is 60.9 Å². The van der Waals surface area contributed by atoms with Crippen LogP contribution in [-0.4, -0.2) is 9.97 Å². The zero-order valence-electron chi connectivity index (χ0n) is 15.6. The second-order valence-corrected chi connectivity index (χ2v) is 8.90. The second kappa shape index (κ2) is 6.33. The van der Waals surface area contributed by atoms with Gasteiger partial charge in [-0.1, -0.05) is 45.0 Å². The molecule has 2 heterocycles. The fourth-order valence-electron chi connectivity index (χ4n) is 3.32. The molecule has 0 aliphatic rings. The number of aromatic nitrogens is 2. The molecule has 0 bridgehead atoms. The van der Waals surface area contributed by atoms with Crippen LogP contribution in [0.2, 0.25) is 0 Å². The molecule has 0 atom stereocenters. The summed E-state index contributed by atoms with van der Waals surface area (Å²) < 4.78 is 0. The van der Waals surface area contributed by atoms with E-state index in [-0.39, 0.29) is 5.41 Å². The van der Waals surface area contributed by atoms with E-state index in [0.717, 1.165) is 16.3 Å². The van der Waals surface area contributed by atoms with Gasteiger partial charge >= 0.3 is 0 Å². The highest BCUT2D eigenvalue weighted by Gasteiger charge is 2.18. The highest BCUT2D eigenvalue weighted by Crippen LogP contribution is 2.35. The Morgan fingerprint density at radius 3 is 2.42 bits per heavy atom. The summed E-state index contributed by atoms with van der Waals surface area (Å²) in [6.07, 6.45) is 3.84. The lowest BCUT2D eigenvalue weighted by molar-refractivity contribution is 0.596. The molecule has 0 fully saturated rings. The maximum Gasteiger partial charge on any atom is 0.0900 e. The Bertz CT molecular complexity index is 1090. The number of nitrogens with zero attached hydrogens (tertiary/aromatic N) is 2. The van der Waals surface area contributed by atoms with Crippen molar-refractivity contribution >= 4 is 22.1 Å². The van der Waals surface area contributed by atoms with Crippen LogP contribution in [0.4, 0.5) is 0 Å². The molecule has 0 saturated carbocycles. The summed E-state index contributed by atoms with van der Waals surface area (Å²) in [6.45, 7) is 8.84. The van der Waals surface area contributed by atoms with Gasteiger partial charge in [-0.05, 0) is 58.5 Å². The van der Waals surface area contributed by atoms with E-state index in [2.05, 4.69) is 79.3 Å². The third-order valence-corrected chi connectivity index (χ3v) is 5.59. The van der Waals surface area contributed by atoms with Crippen molar-refractivity contribution in [3.05, 3.63) is 71.5 Å². The van der Waals surface area contributed by atoms with Crippen molar-refractivity contribution in [3.63, 3.8) is 0 Å². The first-order valence-corrected chi connectivity index (χ1v) is 9.66. The summed E-state index contributed by atoms with van der Waals surface area (Å²) >= 11 is 1.72. The number of aryl methyl sites for hydroxylation is 1. The van der Waals surface area contributed by atoms with Crippen molar-refractivity contribution in [1.82, 2.24) is 9.97 Å². The topological polar surface area (TPSA) is 25.8 Å². The third-order valence-electron chi connectivity index (χ3n) is 4.63. The van der Waals surface area contributed by atoms with Gasteiger partial charge in [-0.25, -0.2) is 4.98 Å². The van der Waals surface area contributed by atoms with E-state index in [9.17, 15) is 0 Å². The molecule has 4 rings (SSSR count). The van der Waals surface area contributed by atoms with Crippen molar-refractivity contribution in [2.24, 2.45) is 0 Å². The van der Waals surface area contributed by atoms with Crippen molar-refractivity contribution in [2.45, 2.75) is 33.1 Å². The minimum Gasteiger partial charge on any atom is -0.256 e. The highest BCUT2D eigenvalue weighted by atomic mass is 32.1. The monoisotopic (exact) mass is 358 g/mol. The van der Waals surface area contributed by atoms with Gasteiger partial charge in [-0.3, -0.25) is 4.98 Å². The fourth-order valence-corrected chi connectivity index (χ4v) is 4.09. The van der Waals surface area contributed by atoms with E-state index in [1.807, 2.05) is 19.3 Å². The molecular weight excluding hydrogens is 336 g/mol. The molecule has 2 aromatic heterocycles. The highest BCUT2D eigenvalue weighted by molar-refractivity contribution is 7.15. The fraction of sp³-hybridized carbons (Fsp3) is 0.217. The number of thiazole rings is 1. The second-order valence-electron chi connectivity index (χ2n) is 7.67. The van der Waals surface area contributed by atoms with Gasteiger partial charge in [-0.15, -0.1) is 11.3 Å². The average Bonchev–Trinajstić information content (AvgIpc) is 3.06. The standard InChI is InChI=1S/C23H22N2S/c1-15-25-14-22(26-15)17-9-10-24-21(13-17)18-11-16-7-5-6-8-19(16)20(12-18)23(2,3)4/h5-14H,1-4H3. The van der Waals surface area contributed by atoms with Crippen molar-refractivity contribution < 1.29 is 0 Å². The first kappa shape index (κ1) is 16.9. The van der Waals surface area contributed by atoms with E-state index in [4.69, 9.17) is 0 Å². The van der Waals surface area contributed by atoms with Crippen molar-refractivity contribution in [3.8, 4) is 21.7 Å². The normalized spacial score (nSPS) is 11.8. The number of benzene rings is 2. The Morgan fingerprint density at radius 1 is 0.885 bits per heavy atom. The van der Waals surface area contributed by atoms with Crippen LogP contribution in [0.3, 0.4) is 0 Å². The zero-order chi connectivity index (χ0) is 18.3. The Balaban J connectivity index is 1.90. The number of hydrogen-bond donors (Lipinski definition) is 0. The molecule has 0 spiro atoms. The first-order chi connectivity index (χ1) is 12.4. The third kappa shape index (κ3) is 3.15. The zero-order valence-corrected chi connectivity index (χ0v) is 16.4. The van der Waals surface area contributed by atoms with Gasteiger partial charge in [0.25, 0.3) is 0 Å². The lowest BCUT2D eigenvalue weighted by Gasteiger charge is -2.22. The maximum atomic E-state index is 4.66. The summed E-state index contributed by atoms with van der Waals surface area (Å²) in [5, 5.41) is 3.66. The summed E-state index contributed by atoms with van der Waals surface area (Å²) in [6, 6.07) is 17.4. The molecule has 26 heavy (non-hydrogen) atoms. The van der Waals surface area contributed by atoms with E-state index >= 15 is 0 Å². The first-order valence-electron chi connectivity index (χ1n) is 8.84. The Morgan fingerprint density at radius 2 is 1.69 bits per heavy atom. The van der Waals surface area contributed by atoms with E-state index in [1.54, 1.807) is 11.3 Å². The lowest BCUT2D eigenvalue weighted by atomic mass is 9.82. The molecule has 4 aromatic rings. The smallest absolute Gasteiger partial charge is 0.0900 e. The molecule has 0 aliphatic heterocycles. The van der Waals surface area contributed by atoms with Crippen LogP contribution in [-0.2, 0) is 5.41 Å². The van der Waals surface area contributed by atoms with E-state index < -0.39 is 0 Å². The average molecular weight is 359 g/mol. The Labute approximate surface area is 158 Å². The van der Waals surface area contributed by atoms with Crippen molar-refractivity contribution in [2.75, 3.05) is 0 Å². The molecule has 0 N–H and O–H groups in total. The van der Waals surface area contributed by atoms with Crippen LogP contribution < -0.4 is 0 Å². The van der Waals surface area contributed by atoms with Crippen molar-refractivity contribution in [1.29, 1.82) is 0 Å². The molecule has 130 valence electrons. The molecule has 2 nitrogen and oxygen atoms in total. The molecule has 0 radical (unpaired) electrons. The quantitative estimate of drug-likeness (QED) is 0.402.